The number of benzene rings is 4. The van der Waals surface area contributed by atoms with Gasteiger partial charge in [0.1, 0.15) is 0 Å². The quantitative estimate of drug-likeness (QED) is 0.0328. The Labute approximate surface area is 472 Å². The summed E-state index contributed by atoms with van der Waals surface area (Å²) in [6, 6.07) is 60.9. The summed E-state index contributed by atoms with van der Waals surface area (Å²) in [4.78, 5) is 0. The lowest BCUT2D eigenvalue weighted by Crippen LogP contribution is -2.50. The van der Waals surface area contributed by atoms with Crippen LogP contribution >= 0.6 is 16.1 Å². The second kappa shape index (κ2) is 33.4. The number of hydrogen-bond acceptors (Lipinski definition) is 1. The molecule has 75 heavy (non-hydrogen) atoms. The van der Waals surface area contributed by atoms with Crippen molar-refractivity contribution < 1.29 is 0 Å². The van der Waals surface area contributed by atoms with Crippen LogP contribution in [0.25, 0.3) is 0 Å². The van der Waals surface area contributed by atoms with Gasteiger partial charge < -0.3 is 0 Å². The van der Waals surface area contributed by atoms with Crippen LogP contribution in [-0.2, 0) is 0 Å². The second-order valence-corrected chi connectivity index (χ2v) is 47.3. The highest BCUT2D eigenvalue weighted by Gasteiger charge is 2.42. The molecule has 1 aliphatic rings. The van der Waals surface area contributed by atoms with Crippen molar-refractivity contribution in [1.29, 1.82) is 0 Å². The van der Waals surface area contributed by atoms with Crippen LogP contribution in [-0.4, -0.2) is 42.8 Å². The maximum atomic E-state index is 3.42. The Morgan fingerprint density at radius 1 is 0.307 bits per heavy atom. The SMILES string of the molecule is CCC[Si](CCC)(CCC)c1cccc(P(c2cccc([Si](CCC)(CCC)CCC)c2)N(C2CCCCCCC2)P(c2cccc([Si](CCC)(CCC)CCC)c2)c2cccc([Si](CCC)(CCC)CCC)c2)c1. The largest absolute Gasteiger partial charge is 0.242 e. The van der Waals surface area contributed by atoms with Gasteiger partial charge in [0.15, 0.2) is 0 Å². The molecular formula is C68H115NP2Si4. The predicted octanol–water partition coefficient (Wildman–Crippen LogP) is 19.0. The van der Waals surface area contributed by atoms with E-state index in [-0.39, 0.29) is 0 Å². The average Bonchev–Trinajstić information content (AvgIpc) is 3.40. The minimum Gasteiger partial charge on any atom is -0.242 e. The Morgan fingerprint density at radius 2 is 0.507 bits per heavy atom. The fourth-order valence-corrected chi connectivity index (χ4v) is 44.3. The Kier molecular flexibility index (Phi) is 28.6. The van der Waals surface area contributed by atoms with Gasteiger partial charge in [0.2, 0.25) is 0 Å². The Balaban J connectivity index is 2.04. The second-order valence-electron chi connectivity index (χ2n) is 24.3. The molecule has 4 aromatic carbocycles. The predicted molar refractivity (Wildman–Crippen MR) is 359 cm³/mol. The molecule has 1 fully saturated rings. The molecule has 0 spiro atoms. The minimum atomic E-state index is -1.76. The van der Waals surface area contributed by atoms with E-state index >= 15 is 0 Å². The number of rotatable bonds is 35. The van der Waals surface area contributed by atoms with Crippen molar-refractivity contribution >= 4 is 90.4 Å². The summed E-state index contributed by atoms with van der Waals surface area (Å²) in [6.07, 6.45) is 25.1. The lowest BCUT2D eigenvalue weighted by Gasteiger charge is -2.46. The van der Waals surface area contributed by atoms with Crippen molar-refractivity contribution in [3.63, 3.8) is 0 Å². The lowest BCUT2D eigenvalue weighted by molar-refractivity contribution is 0.373. The standard InChI is InChI=1S/C68H115NP2Si4/c1-13-44-72(45-14-2,46-15-3)65-40-30-36-61(56-65)70(62-37-31-41-66(57-62)73(47-16-4,48-17-5)49-18-6)69(60-34-28-26-25-27-29-35-60)71(63-38-32-42-67(58-63)74(50-19-7,51-20-8)52-21-9)64-39-33-43-68(59-64)75(53-22-10,54-23-11)55-24-12/h30-33,36-43,56-60H,13-29,34-35,44-55H2,1-12H3. The molecule has 0 aromatic heterocycles. The van der Waals surface area contributed by atoms with E-state index in [0.29, 0.717) is 6.04 Å². The fraction of sp³-hybridized carbons (Fsp3) is 0.647. The molecule has 7 heteroatoms. The van der Waals surface area contributed by atoms with Crippen LogP contribution in [0.2, 0.25) is 72.5 Å². The Hall–Kier alpha value is -1.43. The van der Waals surface area contributed by atoms with E-state index in [0.717, 1.165) is 0 Å². The van der Waals surface area contributed by atoms with Crippen LogP contribution in [0.5, 0.6) is 0 Å². The smallest absolute Gasteiger partial charge is 0.0867 e. The van der Waals surface area contributed by atoms with Crippen LogP contribution in [0, 0.1) is 0 Å². The molecule has 1 aliphatic carbocycles. The summed E-state index contributed by atoms with van der Waals surface area (Å²) in [7, 11) is -8.86. The normalized spacial score (nSPS) is 14.5. The van der Waals surface area contributed by atoms with Gasteiger partial charge in [-0.2, -0.15) is 0 Å². The van der Waals surface area contributed by atoms with E-state index in [2.05, 4.69) is 185 Å². The fourth-order valence-electron chi connectivity index (χ4n) is 15.7. The summed E-state index contributed by atoms with van der Waals surface area (Å²) in [6.45, 7) is 29.8. The molecule has 0 N–H and O–H groups in total. The molecule has 0 amide bonds. The zero-order valence-electron chi connectivity index (χ0n) is 51.1. The lowest BCUT2D eigenvalue weighted by atomic mass is 9.97. The van der Waals surface area contributed by atoms with Gasteiger partial charge >= 0.3 is 0 Å². The molecule has 0 heterocycles. The first-order chi connectivity index (χ1) is 36.6. The highest BCUT2D eigenvalue weighted by atomic mass is 31.2. The van der Waals surface area contributed by atoms with E-state index in [9.17, 15) is 0 Å². The molecule has 0 radical (unpaired) electrons. The van der Waals surface area contributed by atoms with E-state index in [4.69, 9.17) is 0 Å². The summed E-state index contributed by atoms with van der Waals surface area (Å²) >= 11 is 0. The van der Waals surface area contributed by atoms with Crippen molar-refractivity contribution in [3.8, 4) is 0 Å². The van der Waals surface area contributed by atoms with Gasteiger partial charge in [-0.3, -0.25) is 0 Å². The van der Waals surface area contributed by atoms with Gasteiger partial charge in [-0.05, 0) is 34.1 Å². The molecule has 0 saturated heterocycles. The molecule has 418 valence electrons. The zero-order chi connectivity index (χ0) is 54.2. The highest BCUT2D eigenvalue weighted by Crippen LogP contribution is 2.58. The van der Waals surface area contributed by atoms with Gasteiger partial charge in [-0.15, -0.1) is 0 Å². The van der Waals surface area contributed by atoms with Crippen molar-refractivity contribution in [3.05, 3.63) is 97.1 Å². The molecule has 4 aromatic rings. The first-order valence-electron chi connectivity index (χ1n) is 32.4. The third kappa shape index (κ3) is 16.4. The van der Waals surface area contributed by atoms with Crippen LogP contribution < -0.4 is 42.0 Å². The van der Waals surface area contributed by atoms with Crippen molar-refractivity contribution in [2.24, 2.45) is 0 Å². The van der Waals surface area contributed by atoms with Gasteiger partial charge in [-0.1, -0.05) is 383 Å². The first kappa shape index (κ1) is 64.4. The van der Waals surface area contributed by atoms with Gasteiger partial charge in [0.05, 0.1) is 32.3 Å². The van der Waals surface area contributed by atoms with E-state index in [1.807, 2.05) is 0 Å². The van der Waals surface area contributed by atoms with Crippen LogP contribution in [0.3, 0.4) is 0 Å². The topological polar surface area (TPSA) is 3.24 Å². The number of hydrogen-bond donors (Lipinski definition) is 0. The van der Waals surface area contributed by atoms with Gasteiger partial charge in [0, 0.05) is 22.2 Å². The molecule has 0 aliphatic heterocycles. The van der Waals surface area contributed by atoms with Gasteiger partial charge in [-0.25, -0.2) is 4.44 Å². The van der Waals surface area contributed by atoms with Crippen molar-refractivity contribution in [2.45, 2.75) is 284 Å². The maximum absolute atomic E-state index is 3.42. The average molecular weight is 1120 g/mol. The third-order valence-corrected chi connectivity index (χ3v) is 47.6. The zero-order valence-corrected chi connectivity index (χ0v) is 56.9. The Bertz CT molecular complexity index is 1850. The molecule has 1 saturated carbocycles. The highest BCUT2D eigenvalue weighted by molar-refractivity contribution is 7.84. The Morgan fingerprint density at radius 3 is 0.707 bits per heavy atom. The van der Waals surface area contributed by atoms with Crippen molar-refractivity contribution in [2.75, 3.05) is 0 Å². The first-order valence-corrected chi connectivity index (χ1v) is 45.5. The minimum absolute atomic E-state index is 0.530. The summed E-state index contributed by atoms with van der Waals surface area (Å²) in [5, 5.41) is 13.7. The van der Waals surface area contributed by atoms with Crippen LogP contribution in [0.15, 0.2) is 97.1 Å². The summed E-state index contributed by atoms with van der Waals surface area (Å²) in [5.74, 6) is 0. The van der Waals surface area contributed by atoms with E-state index in [1.165, 1.54) is 195 Å². The van der Waals surface area contributed by atoms with E-state index in [1.54, 1.807) is 42.0 Å². The van der Waals surface area contributed by atoms with Crippen molar-refractivity contribution in [1.82, 2.24) is 4.44 Å². The van der Waals surface area contributed by atoms with Crippen LogP contribution in [0.4, 0.5) is 0 Å². The summed E-state index contributed by atoms with van der Waals surface area (Å²) in [5.41, 5.74) is 0. The molecule has 0 unspecified atom stereocenters. The van der Waals surface area contributed by atoms with Gasteiger partial charge in [0.25, 0.3) is 0 Å². The monoisotopic (exact) mass is 1120 g/mol. The molecular weight excluding hydrogens is 1010 g/mol. The molecule has 0 atom stereocenters. The van der Waals surface area contributed by atoms with Crippen LogP contribution in [0.1, 0.15) is 205 Å². The third-order valence-electron chi connectivity index (χ3n) is 18.4. The number of nitrogens with zero attached hydrogens (tertiary/aromatic N) is 1. The molecule has 1 nitrogen and oxygen atoms in total. The molecule has 5 rings (SSSR count). The maximum Gasteiger partial charge on any atom is 0.0867 e. The van der Waals surface area contributed by atoms with E-state index < -0.39 is 48.4 Å². The summed E-state index contributed by atoms with van der Waals surface area (Å²) < 4.78 is 3.42. The molecule has 0 bridgehead atoms.